The topological polar surface area (TPSA) is 20.2 Å². The van der Waals surface area contributed by atoms with Gasteiger partial charge in [0.05, 0.1) is 11.1 Å². The van der Waals surface area contributed by atoms with Crippen LogP contribution in [-0.4, -0.2) is 11.3 Å². The number of alkyl halides is 6. The zero-order valence-electron chi connectivity index (χ0n) is 10.7. The maximum absolute atomic E-state index is 12.9. The minimum atomic E-state index is -4.89. The van der Waals surface area contributed by atoms with Crippen molar-refractivity contribution in [1.82, 2.24) is 0 Å². The average molecular weight is 308 g/mol. The van der Waals surface area contributed by atoms with E-state index in [1.54, 1.807) is 5.92 Å². The van der Waals surface area contributed by atoms with Gasteiger partial charge in [-0.3, -0.25) is 0 Å². The van der Waals surface area contributed by atoms with Gasteiger partial charge in [0.2, 0.25) is 0 Å². The zero-order chi connectivity index (χ0) is 16.4. The average Bonchev–Trinajstić information content (AvgIpc) is 2.36. The molecule has 1 N–H and O–H groups in total. The van der Waals surface area contributed by atoms with Crippen LogP contribution in [0.1, 0.15) is 24.2 Å². The Morgan fingerprint density at radius 2 is 1.57 bits per heavy atom. The Morgan fingerprint density at radius 1 is 1.10 bits per heavy atom. The van der Waals surface area contributed by atoms with Crippen molar-refractivity contribution in [3.63, 3.8) is 0 Å². The maximum Gasteiger partial charge on any atom is 0.416 e. The molecule has 21 heavy (non-hydrogen) atoms. The lowest BCUT2D eigenvalue weighted by molar-refractivity contribution is -0.137. The van der Waals surface area contributed by atoms with E-state index in [1.807, 2.05) is 0 Å². The van der Waals surface area contributed by atoms with E-state index in [9.17, 15) is 31.4 Å². The fourth-order valence-electron chi connectivity index (χ4n) is 1.67. The second-order valence-electron chi connectivity index (χ2n) is 4.20. The molecule has 0 heterocycles. The van der Waals surface area contributed by atoms with Crippen molar-refractivity contribution in [2.75, 3.05) is 0 Å². The Morgan fingerprint density at radius 3 is 1.90 bits per heavy atom. The highest BCUT2D eigenvalue weighted by Gasteiger charge is 2.40. The second-order valence-corrected chi connectivity index (χ2v) is 4.20. The molecule has 1 aromatic carbocycles. The fourth-order valence-corrected chi connectivity index (χ4v) is 1.67. The van der Waals surface area contributed by atoms with Gasteiger partial charge in [-0.1, -0.05) is 18.1 Å². The van der Waals surface area contributed by atoms with E-state index in [4.69, 9.17) is 6.42 Å². The molecular formula is C14H10F6O. The Bertz CT molecular complexity index is 571. The molecule has 1 aromatic rings. The molecule has 7 heteroatoms. The van der Waals surface area contributed by atoms with Crippen molar-refractivity contribution >= 4 is 0 Å². The summed E-state index contributed by atoms with van der Waals surface area (Å²) in [6.07, 6.45) is -6.75. The number of benzene rings is 1. The Balaban J connectivity index is 3.25. The minimum Gasteiger partial charge on any atom is -0.384 e. The molecule has 0 spiro atoms. The first-order valence-corrected chi connectivity index (χ1v) is 5.58. The number of allylic oxidation sites excluding steroid dienone is 1. The number of terminal acetylenes is 1. The number of aliphatic hydroxyl groups excluding tert-OH is 1. The van der Waals surface area contributed by atoms with E-state index in [0.717, 1.165) is 19.1 Å². The molecule has 114 valence electrons. The summed E-state index contributed by atoms with van der Waals surface area (Å²) >= 11 is 0. The third-order valence-electron chi connectivity index (χ3n) is 2.75. The standard InChI is InChI=1S/C14H10F6O/c1-3-8(2)11(14(18,19)20)12(21)9-4-6-10(7-5-9)13(15,16)17/h1,4-7,12,21H,2H3/b11-8-. The fraction of sp³-hybridized carbons (Fsp3) is 0.286. The highest BCUT2D eigenvalue weighted by Crippen LogP contribution is 2.38. The summed E-state index contributed by atoms with van der Waals surface area (Å²) in [5, 5.41) is 9.76. The quantitative estimate of drug-likeness (QED) is 0.639. The van der Waals surface area contributed by atoms with Crippen molar-refractivity contribution in [1.29, 1.82) is 0 Å². The van der Waals surface area contributed by atoms with Crippen LogP contribution >= 0.6 is 0 Å². The Kier molecular flexibility index (Phi) is 4.74. The first-order valence-electron chi connectivity index (χ1n) is 5.58. The summed E-state index contributed by atoms with van der Waals surface area (Å²) < 4.78 is 75.7. The molecule has 1 nitrogen and oxygen atoms in total. The van der Waals surface area contributed by atoms with E-state index in [-0.39, 0.29) is 5.56 Å². The number of aliphatic hydroxyl groups is 1. The van der Waals surface area contributed by atoms with E-state index in [1.165, 1.54) is 0 Å². The lowest BCUT2D eigenvalue weighted by atomic mass is 9.96. The number of hydrogen-bond donors (Lipinski definition) is 1. The molecule has 0 amide bonds. The summed E-state index contributed by atoms with van der Waals surface area (Å²) in [6.45, 7) is 0.996. The van der Waals surface area contributed by atoms with E-state index >= 15 is 0 Å². The van der Waals surface area contributed by atoms with E-state index < -0.39 is 35.2 Å². The third kappa shape index (κ3) is 4.02. The van der Waals surface area contributed by atoms with Crippen LogP contribution in [0.2, 0.25) is 0 Å². The van der Waals surface area contributed by atoms with Gasteiger partial charge in [0, 0.05) is 5.57 Å². The van der Waals surface area contributed by atoms with Crippen LogP contribution in [0.15, 0.2) is 35.4 Å². The van der Waals surface area contributed by atoms with Crippen molar-refractivity contribution in [2.24, 2.45) is 0 Å². The second kappa shape index (κ2) is 5.82. The van der Waals surface area contributed by atoms with Gasteiger partial charge in [-0.05, 0) is 24.6 Å². The molecule has 0 aliphatic carbocycles. The van der Waals surface area contributed by atoms with Gasteiger partial charge in [0.15, 0.2) is 0 Å². The summed E-state index contributed by atoms with van der Waals surface area (Å²) in [5.74, 6) is 1.78. The summed E-state index contributed by atoms with van der Waals surface area (Å²) in [5.41, 5.74) is -3.26. The van der Waals surface area contributed by atoms with Crippen LogP contribution in [0, 0.1) is 12.3 Å². The summed E-state index contributed by atoms with van der Waals surface area (Å²) in [6, 6.07) is 2.75. The van der Waals surface area contributed by atoms with E-state index in [2.05, 4.69) is 0 Å². The smallest absolute Gasteiger partial charge is 0.384 e. The lowest BCUT2D eigenvalue weighted by Crippen LogP contribution is -2.20. The highest BCUT2D eigenvalue weighted by atomic mass is 19.4. The van der Waals surface area contributed by atoms with Crippen molar-refractivity contribution < 1.29 is 31.4 Å². The van der Waals surface area contributed by atoms with Crippen molar-refractivity contribution in [3.05, 3.63) is 46.5 Å². The Hall–Kier alpha value is -1.94. The number of rotatable bonds is 2. The third-order valence-corrected chi connectivity index (χ3v) is 2.75. The van der Waals surface area contributed by atoms with Gasteiger partial charge in [-0.25, -0.2) is 0 Å². The predicted octanol–water partition coefficient (Wildman–Crippen LogP) is 4.25. The van der Waals surface area contributed by atoms with Gasteiger partial charge >= 0.3 is 12.4 Å². The van der Waals surface area contributed by atoms with E-state index in [0.29, 0.717) is 12.1 Å². The molecule has 1 rings (SSSR count). The van der Waals surface area contributed by atoms with Crippen LogP contribution < -0.4 is 0 Å². The van der Waals surface area contributed by atoms with Crippen LogP contribution in [0.3, 0.4) is 0 Å². The van der Waals surface area contributed by atoms with Crippen LogP contribution in [-0.2, 0) is 6.18 Å². The van der Waals surface area contributed by atoms with Gasteiger partial charge in [-0.2, -0.15) is 26.3 Å². The van der Waals surface area contributed by atoms with Crippen LogP contribution in [0.5, 0.6) is 0 Å². The van der Waals surface area contributed by atoms with Crippen molar-refractivity contribution in [2.45, 2.75) is 25.4 Å². The highest BCUT2D eigenvalue weighted by molar-refractivity contribution is 5.39. The molecule has 0 aliphatic rings. The van der Waals surface area contributed by atoms with Gasteiger partial charge in [-0.15, -0.1) is 6.42 Å². The lowest BCUT2D eigenvalue weighted by Gasteiger charge is -2.20. The minimum absolute atomic E-state index is 0.329. The van der Waals surface area contributed by atoms with Gasteiger partial charge in [0.25, 0.3) is 0 Å². The molecule has 0 fully saturated rings. The molecular weight excluding hydrogens is 298 g/mol. The van der Waals surface area contributed by atoms with Crippen LogP contribution in [0.25, 0.3) is 0 Å². The molecule has 0 saturated carbocycles. The maximum atomic E-state index is 12.9. The monoisotopic (exact) mass is 308 g/mol. The largest absolute Gasteiger partial charge is 0.416 e. The molecule has 1 atom stereocenters. The summed E-state index contributed by atoms with van der Waals surface area (Å²) in [7, 11) is 0. The molecule has 0 bridgehead atoms. The molecule has 0 aliphatic heterocycles. The first kappa shape index (κ1) is 17.1. The number of halogens is 6. The molecule has 1 unspecified atom stereocenters. The molecule has 0 aromatic heterocycles. The van der Waals surface area contributed by atoms with Gasteiger partial charge < -0.3 is 5.11 Å². The van der Waals surface area contributed by atoms with Crippen LogP contribution in [0.4, 0.5) is 26.3 Å². The Labute approximate surface area is 116 Å². The first-order chi connectivity index (χ1) is 9.48. The van der Waals surface area contributed by atoms with Crippen molar-refractivity contribution in [3.8, 4) is 12.3 Å². The summed E-state index contributed by atoms with van der Waals surface area (Å²) in [4.78, 5) is 0. The SMILES string of the molecule is C#C/C(C)=C(/C(O)c1ccc(C(F)(F)F)cc1)C(F)(F)F. The molecule has 0 radical (unpaired) electrons. The zero-order valence-corrected chi connectivity index (χ0v) is 10.7. The molecule has 0 saturated heterocycles. The predicted molar refractivity (Wildman–Crippen MR) is 64.0 cm³/mol. The van der Waals surface area contributed by atoms with Gasteiger partial charge in [0.1, 0.15) is 6.10 Å². The normalized spacial score (nSPS) is 15.2. The number of hydrogen-bond acceptors (Lipinski definition) is 1.